The first kappa shape index (κ1) is 14.9. The first-order valence-corrected chi connectivity index (χ1v) is 7.37. The molecule has 1 heterocycles. The van der Waals surface area contributed by atoms with Gasteiger partial charge < -0.3 is 14.7 Å². The van der Waals surface area contributed by atoms with Crippen LogP contribution in [0.2, 0.25) is 0 Å². The van der Waals surface area contributed by atoms with E-state index in [1.165, 1.54) is 5.56 Å². The van der Waals surface area contributed by atoms with Crippen molar-refractivity contribution in [2.45, 2.75) is 38.7 Å². The molecule has 0 aliphatic carbocycles. The Labute approximate surface area is 120 Å². The smallest absolute Gasteiger partial charge is 0.226 e. The molecule has 0 aromatic heterocycles. The molecule has 1 amide bonds. The van der Waals surface area contributed by atoms with Gasteiger partial charge in [0.05, 0.1) is 19.1 Å². The van der Waals surface area contributed by atoms with Gasteiger partial charge in [0.15, 0.2) is 0 Å². The molecule has 20 heavy (non-hydrogen) atoms. The predicted octanol–water partition coefficient (Wildman–Crippen LogP) is 2.00. The molecule has 1 N–H and O–H groups in total. The summed E-state index contributed by atoms with van der Waals surface area (Å²) < 4.78 is 5.71. The highest BCUT2D eigenvalue weighted by Crippen LogP contribution is 2.18. The molecular weight excluding hydrogens is 254 g/mol. The van der Waals surface area contributed by atoms with E-state index in [1.54, 1.807) is 0 Å². The van der Waals surface area contributed by atoms with Gasteiger partial charge >= 0.3 is 0 Å². The summed E-state index contributed by atoms with van der Waals surface area (Å²) in [4.78, 5) is 13.8. The molecule has 1 aliphatic heterocycles. The lowest BCUT2D eigenvalue weighted by Gasteiger charge is -2.29. The number of ether oxygens (including phenoxy) is 1. The maximum Gasteiger partial charge on any atom is 0.226 e. The molecule has 1 aromatic carbocycles. The van der Waals surface area contributed by atoms with Crippen LogP contribution in [-0.4, -0.2) is 41.7 Å². The normalized spacial score (nSPS) is 16.2. The lowest BCUT2D eigenvalue weighted by molar-refractivity contribution is -0.133. The lowest BCUT2D eigenvalue weighted by atomic mass is 10.1. The Bertz CT molecular complexity index is 439. The first-order valence-electron chi connectivity index (χ1n) is 7.37. The number of carbonyl (C=O) groups excluding carboxylic acids is 1. The third-order valence-corrected chi connectivity index (χ3v) is 3.74. The SMILES string of the molecule is CCc1ccccc1OCCC(=O)N1CCC(O)CC1. The van der Waals surface area contributed by atoms with Crippen molar-refractivity contribution in [2.75, 3.05) is 19.7 Å². The van der Waals surface area contributed by atoms with Gasteiger partial charge in [-0.1, -0.05) is 25.1 Å². The van der Waals surface area contributed by atoms with Crippen molar-refractivity contribution in [3.05, 3.63) is 29.8 Å². The summed E-state index contributed by atoms with van der Waals surface area (Å²) in [6.45, 7) is 3.82. The van der Waals surface area contributed by atoms with Gasteiger partial charge in [0.1, 0.15) is 5.75 Å². The number of para-hydroxylation sites is 1. The number of amides is 1. The Morgan fingerprint density at radius 3 is 2.75 bits per heavy atom. The number of hydrogen-bond acceptors (Lipinski definition) is 3. The maximum atomic E-state index is 12.0. The molecule has 0 bridgehead atoms. The van der Waals surface area contributed by atoms with Crippen LogP contribution in [0.3, 0.4) is 0 Å². The van der Waals surface area contributed by atoms with Gasteiger partial charge in [-0.3, -0.25) is 4.79 Å². The summed E-state index contributed by atoms with van der Waals surface area (Å²) in [6.07, 6.45) is 2.45. The number of nitrogens with zero attached hydrogens (tertiary/aromatic N) is 1. The lowest BCUT2D eigenvalue weighted by Crippen LogP contribution is -2.40. The minimum Gasteiger partial charge on any atom is -0.493 e. The molecule has 0 saturated carbocycles. The fourth-order valence-corrected chi connectivity index (χ4v) is 2.46. The number of aliphatic hydroxyl groups excluding tert-OH is 1. The minimum absolute atomic E-state index is 0.117. The van der Waals surface area contributed by atoms with Gasteiger partial charge in [-0.2, -0.15) is 0 Å². The summed E-state index contributed by atoms with van der Waals surface area (Å²) in [5.41, 5.74) is 1.17. The highest BCUT2D eigenvalue weighted by molar-refractivity contribution is 5.76. The third-order valence-electron chi connectivity index (χ3n) is 3.74. The van der Waals surface area contributed by atoms with Crippen LogP contribution in [0.5, 0.6) is 5.75 Å². The van der Waals surface area contributed by atoms with Crippen molar-refractivity contribution in [3.63, 3.8) is 0 Å². The van der Waals surface area contributed by atoms with Crippen molar-refractivity contribution < 1.29 is 14.6 Å². The monoisotopic (exact) mass is 277 g/mol. The van der Waals surface area contributed by atoms with Crippen molar-refractivity contribution in [2.24, 2.45) is 0 Å². The Kier molecular flexibility index (Phi) is 5.41. The van der Waals surface area contributed by atoms with Crippen LogP contribution in [-0.2, 0) is 11.2 Å². The number of aliphatic hydroxyl groups is 1. The molecule has 0 spiro atoms. The van der Waals surface area contributed by atoms with Crippen molar-refractivity contribution in [3.8, 4) is 5.75 Å². The zero-order chi connectivity index (χ0) is 14.4. The highest BCUT2D eigenvalue weighted by Gasteiger charge is 2.20. The largest absolute Gasteiger partial charge is 0.493 e. The zero-order valence-corrected chi connectivity index (χ0v) is 12.0. The number of hydrogen-bond donors (Lipinski definition) is 1. The average molecular weight is 277 g/mol. The van der Waals surface area contributed by atoms with Crippen LogP contribution in [0.15, 0.2) is 24.3 Å². The summed E-state index contributed by atoms with van der Waals surface area (Å²) in [5.74, 6) is 0.989. The Morgan fingerprint density at radius 1 is 1.35 bits per heavy atom. The molecule has 0 radical (unpaired) electrons. The fourth-order valence-electron chi connectivity index (χ4n) is 2.46. The van der Waals surface area contributed by atoms with E-state index in [9.17, 15) is 9.90 Å². The van der Waals surface area contributed by atoms with Crippen LogP contribution >= 0.6 is 0 Å². The van der Waals surface area contributed by atoms with E-state index >= 15 is 0 Å². The first-order chi connectivity index (χ1) is 9.70. The molecule has 0 unspecified atom stereocenters. The van der Waals surface area contributed by atoms with E-state index in [2.05, 4.69) is 6.92 Å². The van der Waals surface area contributed by atoms with Gasteiger partial charge in [0.2, 0.25) is 5.91 Å². The Hall–Kier alpha value is -1.55. The number of aryl methyl sites for hydroxylation is 1. The van der Waals surface area contributed by atoms with E-state index in [0.717, 1.165) is 12.2 Å². The van der Waals surface area contributed by atoms with Crippen LogP contribution in [0.1, 0.15) is 31.7 Å². The molecule has 1 fully saturated rings. The molecule has 1 aromatic rings. The molecule has 4 nitrogen and oxygen atoms in total. The second-order valence-corrected chi connectivity index (χ2v) is 5.17. The standard InChI is InChI=1S/C16H23NO3/c1-2-13-5-3-4-6-15(13)20-12-9-16(19)17-10-7-14(18)8-11-17/h3-6,14,18H,2,7-12H2,1H3. The highest BCUT2D eigenvalue weighted by atomic mass is 16.5. The van der Waals surface area contributed by atoms with Gasteiger partial charge in [-0.05, 0) is 30.9 Å². The molecule has 0 atom stereocenters. The second-order valence-electron chi connectivity index (χ2n) is 5.17. The van der Waals surface area contributed by atoms with E-state index in [0.29, 0.717) is 39.0 Å². The molecular formula is C16H23NO3. The van der Waals surface area contributed by atoms with Crippen molar-refractivity contribution >= 4 is 5.91 Å². The van der Waals surface area contributed by atoms with Crippen molar-refractivity contribution in [1.82, 2.24) is 4.90 Å². The van der Waals surface area contributed by atoms with Crippen LogP contribution in [0.4, 0.5) is 0 Å². The van der Waals surface area contributed by atoms with Gasteiger partial charge in [0.25, 0.3) is 0 Å². The van der Waals surface area contributed by atoms with E-state index in [1.807, 2.05) is 29.2 Å². The molecule has 4 heteroatoms. The zero-order valence-electron chi connectivity index (χ0n) is 12.0. The topological polar surface area (TPSA) is 49.8 Å². The van der Waals surface area contributed by atoms with E-state index in [4.69, 9.17) is 4.74 Å². The number of piperidine rings is 1. The predicted molar refractivity (Wildman–Crippen MR) is 77.8 cm³/mol. The van der Waals surface area contributed by atoms with E-state index < -0.39 is 0 Å². The number of carbonyl (C=O) groups is 1. The molecule has 2 rings (SSSR count). The summed E-state index contributed by atoms with van der Waals surface area (Å²) in [6, 6.07) is 7.93. The summed E-state index contributed by atoms with van der Waals surface area (Å²) in [5, 5.41) is 9.43. The summed E-state index contributed by atoms with van der Waals surface area (Å²) in [7, 11) is 0. The fraction of sp³-hybridized carbons (Fsp3) is 0.562. The van der Waals surface area contributed by atoms with Crippen LogP contribution < -0.4 is 4.74 Å². The average Bonchev–Trinajstić information content (AvgIpc) is 2.48. The van der Waals surface area contributed by atoms with Gasteiger partial charge in [0, 0.05) is 13.1 Å². The summed E-state index contributed by atoms with van der Waals surface area (Å²) >= 11 is 0. The number of rotatable bonds is 5. The quantitative estimate of drug-likeness (QED) is 0.895. The van der Waals surface area contributed by atoms with Gasteiger partial charge in [-0.25, -0.2) is 0 Å². The Balaban J connectivity index is 1.76. The second kappa shape index (κ2) is 7.29. The number of benzene rings is 1. The maximum absolute atomic E-state index is 12.0. The van der Waals surface area contributed by atoms with Crippen LogP contribution in [0, 0.1) is 0 Å². The van der Waals surface area contributed by atoms with Crippen LogP contribution in [0.25, 0.3) is 0 Å². The van der Waals surface area contributed by atoms with E-state index in [-0.39, 0.29) is 12.0 Å². The third kappa shape index (κ3) is 3.97. The Morgan fingerprint density at radius 2 is 2.05 bits per heavy atom. The molecule has 110 valence electrons. The number of likely N-dealkylation sites (tertiary alicyclic amines) is 1. The minimum atomic E-state index is -0.244. The molecule has 1 saturated heterocycles. The van der Waals surface area contributed by atoms with Gasteiger partial charge in [-0.15, -0.1) is 0 Å². The van der Waals surface area contributed by atoms with Crippen molar-refractivity contribution in [1.29, 1.82) is 0 Å². The molecule has 1 aliphatic rings.